The second-order valence-corrected chi connectivity index (χ2v) is 4.04. The number of ketones is 1. The van der Waals surface area contributed by atoms with Crippen LogP contribution in [-0.2, 0) is 4.79 Å². The van der Waals surface area contributed by atoms with Crippen LogP contribution in [-0.4, -0.2) is 23.1 Å². The molecule has 0 bridgehead atoms. The predicted octanol–water partition coefficient (Wildman–Crippen LogP) is 2.05. The molecule has 5 heteroatoms. The number of hydrogen-bond acceptors (Lipinski definition) is 3. The predicted molar refractivity (Wildman–Crippen MR) is 57.8 cm³/mol. The van der Waals surface area contributed by atoms with Crippen LogP contribution in [0, 0.1) is 5.92 Å². The van der Waals surface area contributed by atoms with Crippen molar-refractivity contribution in [2.24, 2.45) is 10.9 Å². The van der Waals surface area contributed by atoms with E-state index in [-0.39, 0.29) is 0 Å². The molecule has 76 valence electrons. The Hall–Kier alpha value is -1.49. The van der Waals surface area contributed by atoms with E-state index in [1.54, 1.807) is 18.2 Å². The van der Waals surface area contributed by atoms with Gasteiger partial charge in [0.05, 0.1) is 5.69 Å². The first-order chi connectivity index (χ1) is 7.09. The number of rotatable bonds is 1. The highest BCUT2D eigenvalue weighted by atomic mass is 79.9. The molecule has 0 aromatic heterocycles. The fourth-order valence-electron chi connectivity index (χ4n) is 1.39. The minimum Gasteiger partial charge on any atom is -0.480 e. The summed E-state index contributed by atoms with van der Waals surface area (Å²) in [6.45, 7) is 0. The van der Waals surface area contributed by atoms with E-state index in [0.717, 1.165) is 4.47 Å². The molecule has 4 nitrogen and oxygen atoms in total. The van der Waals surface area contributed by atoms with Crippen LogP contribution in [0.25, 0.3) is 0 Å². The minimum atomic E-state index is -1.17. The zero-order valence-electron chi connectivity index (χ0n) is 7.48. The first kappa shape index (κ1) is 10.0. The molecule has 0 saturated heterocycles. The Bertz CT molecular complexity index is 482. The van der Waals surface area contributed by atoms with Crippen molar-refractivity contribution in [3.63, 3.8) is 0 Å². The number of Topliss-reactive ketones (excluding diaryl/α,β-unsaturated/α-hetero) is 1. The number of aliphatic imine (C=N–C) groups is 1. The summed E-state index contributed by atoms with van der Waals surface area (Å²) in [5, 5.41) is 8.77. The fourth-order valence-corrected chi connectivity index (χ4v) is 1.73. The van der Waals surface area contributed by atoms with Crippen LogP contribution in [0.1, 0.15) is 10.4 Å². The molecule has 1 N–H and O–H groups in total. The lowest BCUT2D eigenvalue weighted by molar-refractivity contribution is -0.137. The number of hydrogen-bond donors (Lipinski definition) is 1. The van der Waals surface area contributed by atoms with Crippen molar-refractivity contribution >= 4 is 39.6 Å². The molecular formula is C10H6BrNO3. The summed E-state index contributed by atoms with van der Waals surface area (Å²) in [5.41, 5.74) is 0.861. The minimum absolute atomic E-state index is 0.355. The number of carboxylic acid groups (broad SMARTS) is 1. The maximum Gasteiger partial charge on any atom is 0.319 e. The van der Waals surface area contributed by atoms with Crippen LogP contribution in [0.4, 0.5) is 5.69 Å². The number of carboxylic acids is 1. The lowest BCUT2D eigenvalue weighted by Crippen LogP contribution is -2.27. The monoisotopic (exact) mass is 267 g/mol. The zero-order valence-corrected chi connectivity index (χ0v) is 9.06. The molecule has 0 spiro atoms. The molecule has 0 radical (unpaired) electrons. The smallest absolute Gasteiger partial charge is 0.319 e. The van der Waals surface area contributed by atoms with E-state index >= 15 is 0 Å². The number of fused-ring (bicyclic) bond motifs is 1. The van der Waals surface area contributed by atoms with Crippen LogP contribution in [0.2, 0.25) is 0 Å². The van der Waals surface area contributed by atoms with E-state index in [1.807, 2.05) is 0 Å². The van der Waals surface area contributed by atoms with Crippen LogP contribution < -0.4 is 0 Å². The summed E-state index contributed by atoms with van der Waals surface area (Å²) >= 11 is 3.25. The average molecular weight is 268 g/mol. The SMILES string of the molecule is O=C(O)[C@@H]1C=Nc2cc(Br)ccc2C1=O. The van der Waals surface area contributed by atoms with E-state index in [9.17, 15) is 9.59 Å². The third-order valence-electron chi connectivity index (χ3n) is 2.14. The van der Waals surface area contributed by atoms with Gasteiger partial charge in [0.1, 0.15) is 0 Å². The van der Waals surface area contributed by atoms with Crippen molar-refractivity contribution in [3.05, 3.63) is 28.2 Å². The van der Waals surface area contributed by atoms with E-state index in [2.05, 4.69) is 20.9 Å². The van der Waals surface area contributed by atoms with Crippen molar-refractivity contribution in [1.29, 1.82) is 0 Å². The van der Waals surface area contributed by atoms with Crippen LogP contribution in [0.5, 0.6) is 0 Å². The molecule has 0 saturated carbocycles. The van der Waals surface area contributed by atoms with Gasteiger partial charge >= 0.3 is 5.97 Å². The number of halogens is 1. The second kappa shape index (κ2) is 3.58. The number of aliphatic carboxylic acids is 1. The van der Waals surface area contributed by atoms with Gasteiger partial charge in [-0.25, -0.2) is 0 Å². The number of nitrogens with zero attached hydrogens (tertiary/aromatic N) is 1. The zero-order chi connectivity index (χ0) is 11.0. The Balaban J connectivity index is 2.51. The van der Waals surface area contributed by atoms with Gasteiger partial charge in [-0.05, 0) is 18.2 Å². The summed E-state index contributed by atoms with van der Waals surface area (Å²) in [4.78, 5) is 26.4. The molecule has 1 heterocycles. The summed E-state index contributed by atoms with van der Waals surface area (Å²) < 4.78 is 0.806. The summed E-state index contributed by atoms with van der Waals surface area (Å²) in [5.74, 6) is -2.74. The first-order valence-corrected chi connectivity index (χ1v) is 4.99. The lowest BCUT2D eigenvalue weighted by Gasteiger charge is -2.13. The highest BCUT2D eigenvalue weighted by Gasteiger charge is 2.30. The van der Waals surface area contributed by atoms with E-state index in [4.69, 9.17) is 5.11 Å². The average Bonchev–Trinajstić information content (AvgIpc) is 2.17. The van der Waals surface area contributed by atoms with Gasteiger partial charge in [-0.3, -0.25) is 14.6 Å². The van der Waals surface area contributed by atoms with Crippen LogP contribution in [0.3, 0.4) is 0 Å². The Morgan fingerprint density at radius 2 is 2.20 bits per heavy atom. The number of benzene rings is 1. The molecule has 1 aliphatic rings. The summed E-state index contributed by atoms with van der Waals surface area (Å²) in [6.07, 6.45) is 1.17. The molecular weight excluding hydrogens is 262 g/mol. The quantitative estimate of drug-likeness (QED) is 0.792. The van der Waals surface area contributed by atoms with Gasteiger partial charge in [0.25, 0.3) is 0 Å². The van der Waals surface area contributed by atoms with Gasteiger partial charge < -0.3 is 5.11 Å². The molecule has 2 rings (SSSR count). The van der Waals surface area contributed by atoms with Crippen LogP contribution >= 0.6 is 15.9 Å². The Kier molecular flexibility index (Phi) is 2.40. The molecule has 1 atom stereocenters. The molecule has 1 aromatic rings. The van der Waals surface area contributed by atoms with Gasteiger partial charge in [-0.1, -0.05) is 15.9 Å². The van der Waals surface area contributed by atoms with Crippen molar-refractivity contribution < 1.29 is 14.7 Å². The van der Waals surface area contributed by atoms with Gasteiger partial charge in [-0.2, -0.15) is 0 Å². The van der Waals surface area contributed by atoms with Gasteiger partial charge in [-0.15, -0.1) is 0 Å². The molecule has 1 aliphatic heterocycles. The normalized spacial score (nSPS) is 18.7. The molecule has 0 fully saturated rings. The van der Waals surface area contributed by atoms with Gasteiger partial charge in [0.15, 0.2) is 11.7 Å². The maximum atomic E-state index is 11.7. The first-order valence-electron chi connectivity index (χ1n) is 4.20. The molecule has 1 aromatic carbocycles. The third-order valence-corrected chi connectivity index (χ3v) is 2.63. The standard InChI is InChI=1S/C10H6BrNO3/c11-5-1-2-6-8(3-5)12-4-7(9(6)13)10(14)15/h1-4,7H,(H,14,15)/t7-/m1/s1. The Labute approximate surface area is 93.8 Å². The van der Waals surface area contributed by atoms with E-state index in [0.29, 0.717) is 11.3 Å². The van der Waals surface area contributed by atoms with Crippen LogP contribution in [0.15, 0.2) is 27.7 Å². The molecule has 0 unspecified atom stereocenters. The molecule has 0 aliphatic carbocycles. The molecule has 15 heavy (non-hydrogen) atoms. The Morgan fingerprint density at radius 1 is 1.47 bits per heavy atom. The van der Waals surface area contributed by atoms with Gasteiger partial charge in [0.2, 0.25) is 0 Å². The third kappa shape index (κ3) is 1.70. The van der Waals surface area contributed by atoms with Gasteiger partial charge in [0, 0.05) is 16.3 Å². The summed E-state index contributed by atoms with van der Waals surface area (Å²) in [6, 6.07) is 4.95. The van der Waals surface area contributed by atoms with Crippen molar-refractivity contribution in [1.82, 2.24) is 0 Å². The largest absolute Gasteiger partial charge is 0.480 e. The van der Waals surface area contributed by atoms with Crippen molar-refractivity contribution in [2.75, 3.05) is 0 Å². The number of carbonyl (C=O) groups is 2. The highest BCUT2D eigenvalue weighted by Crippen LogP contribution is 2.29. The highest BCUT2D eigenvalue weighted by molar-refractivity contribution is 9.10. The second-order valence-electron chi connectivity index (χ2n) is 3.12. The van der Waals surface area contributed by atoms with Crippen molar-refractivity contribution in [3.8, 4) is 0 Å². The van der Waals surface area contributed by atoms with Crippen molar-refractivity contribution in [2.45, 2.75) is 0 Å². The topological polar surface area (TPSA) is 66.7 Å². The molecule has 0 amide bonds. The maximum absolute atomic E-state index is 11.7. The fraction of sp³-hybridized carbons (Fsp3) is 0.100. The Morgan fingerprint density at radius 3 is 2.87 bits per heavy atom. The summed E-state index contributed by atoms with van der Waals surface area (Å²) in [7, 11) is 0. The lowest BCUT2D eigenvalue weighted by atomic mass is 9.95. The van der Waals surface area contributed by atoms with E-state index in [1.165, 1.54) is 6.21 Å². The number of carbonyl (C=O) groups excluding carboxylic acids is 1. The van der Waals surface area contributed by atoms with E-state index < -0.39 is 17.7 Å².